The molecule has 5 aliphatic rings. The molecule has 1 amide bonds. The summed E-state index contributed by atoms with van der Waals surface area (Å²) in [6.07, 6.45) is 3.00. The zero-order chi connectivity index (χ0) is 29.9. The van der Waals surface area contributed by atoms with Crippen LogP contribution < -0.4 is 9.80 Å². The molecule has 1 spiro atoms. The van der Waals surface area contributed by atoms with Crippen LogP contribution >= 0.6 is 0 Å². The molecule has 3 saturated heterocycles. The maximum Gasteiger partial charge on any atom is 0.280 e. The number of aromatic nitrogens is 2. The number of rotatable bonds is 6. The van der Waals surface area contributed by atoms with Crippen LogP contribution in [0, 0.1) is 6.92 Å². The summed E-state index contributed by atoms with van der Waals surface area (Å²) in [5.41, 5.74) is 4.22. The van der Waals surface area contributed by atoms with Crippen LogP contribution in [0.2, 0.25) is 0 Å². The van der Waals surface area contributed by atoms with E-state index in [4.69, 9.17) is 14.5 Å². The minimum absolute atomic E-state index is 0.0195. The molecule has 7 rings (SSSR count). The van der Waals surface area contributed by atoms with E-state index in [-0.39, 0.29) is 23.6 Å². The van der Waals surface area contributed by atoms with E-state index in [1.807, 2.05) is 23.2 Å². The first-order valence-corrected chi connectivity index (χ1v) is 15.4. The number of hydrogen-bond acceptors (Lipinski definition) is 8. The van der Waals surface area contributed by atoms with E-state index in [1.54, 1.807) is 7.11 Å². The standard InChI is InChI=1S/C32H40F2N6O3/c1-4-27(41)38-12-10-37(11-13-38)25-15-40-23(25)7-5-6-22-24(40)14-26(36-30(22)31(33)34)39-18-32(19-39)28-20(2)8-9-35-29(28)21(16-42-3)17-43-32/h4,8-9,14,21,23,25,31H,1,5-7,10-13,15-19H2,2-3H3/t21-,23?,25-/m1/s1. The third-order valence-electron chi connectivity index (χ3n) is 10.2. The average molecular weight is 595 g/mol. The molecule has 0 radical (unpaired) electrons. The predicted octanol–water partition coefficient (Wildman–Crippen LogP) is 3.42. The molecule has 9 nitrogen and oxygen atoms in total. The first kappa shape index (κ1) is 28.6. The van der Waals surface area contributed by atoms with Crippen LogP contribution in [0.25, 0.3) is 0 Å². The number of fused-ring (bicyclic) bond motifs is 5. The molecule has 2 aromatic rings. The Labute approximate surface area is 251 Å². The van der Waals surface area contributed by atoms with Crippen LogP contribution in [0.1, 0.15) is 53.3 Å². The van der Waals surface area contributed by atoms with Crippen LogP contribution in [-0.4, -0.2) is 104 Å². The summed E-state index contributed by atoms with van der Waals surface area (Å²) >= 11 is 0. The van der Waals surface area contributed by atoms with Gasteiger partial charge in [-0.25, -0.2) is 13.8 Å². The Morgan fingerprint density at radius 3 is 2.77 bits per heavy atom. The lowest BCUT2D eigenvalue weighted by atomic mass is 9.77. The second-order valence-electron chi connectivity index (χ2n) is 12.6. The van der Waals surface area contributed by atoms with Gasteiger partial charge in [0.15, 0.2) is 0 Å². The lowest BCUT2D eigenvalue weighted by molar-refractivity contribution is -0.128. The first-order chi connectivity index (χ1) is 20.8. The van der Waals surface area contributed by atoms with Gasteiger partial charge in [0, 0.05) is 86.9 Å². The van der Waals surface area contributed by atoms with E-state index in [1.165, 1.54) is 6.08 Å². The van der Waals surface area contributed by atoms with Gasteiger partial charge in [0.25, 0.3) is 6.43 Å². The number of anilines is 2. The Morgan fingerprint density at radius 1 is 1.26 bits per heavy atom. The van der Waals surface area contributed by atoms with Gasteiger partial charge < -0.3 is 24.2 Å². The normalized spacial score (nSPS) is 26.3. The third kappa shape index (κ3) is 4.71. The van der Waals surface area contributed by atoms with Gasteiger partial charge in [0.05, 0.1) is 32.0 Å². The highest BCUT2D eigenvalue weighted by molar-refractivity contribution is 5.87. The fraction of sp³-hybridized carbons (Fsp3) is 0.594. The predicted molar refractivity (Wildman–Crippen MR) is 159 cm³/mol. The number of hydrogen-bond donors (Lipinski definition) is 0. The number of methoxy groups -OCH3 is 1. The van der Waals surface area contributed by atoms with E-state index in [0.29, 0.717) is 63.2 Å². The van der Waals surface area contributed by atoms with Gasteiger partial charge in [-0.05, 0) is 43.9 Å². The van der Waals surface area contributed by atoms with Crippen LogP contribution in [0.5, 0.6) is 0 Å². The molecule has 1 unspecified atom stereocenters. The molecule has 5 aliphatic heterocycles. The van der Waals surface area contributed by atoms with Crippen molar-refractivity contribution < 1.29 is 23.0 Å². The SMILES string of the molecule is C=CC(=O)N1CCN([C@@H]2CN3c4cc(N5CC6(C5)OC[C@@H](COC)c5nccc(C)c56)nc(C(F)F)c4CCCC23)CC1. The molecule has 0 bridgehead atoms. The number of amides is 1. The second-order valence-corrected chi connectivity index (χ2v) is 12.6. The number of carbonyl (C=O) groups excluding carboxylic acids is 1. The Balaban J connectivity index is 1.13. The van der Waals surface area contributed by atoms with Gasteiger partial charge in [-0.3, -0.25) is 14.7 Å². The van der Waals surface area contributed by atoms with Gasteiger partial charge in [-0.15, -0.1) is 0 Å². The summed E-state index contributed by atoms with van der Waals surface area (Å²) in [5.74, 6) is 0.636. The van der Waals surface area contributed by atoms with Gasteiger partial charge in [-0.1, -0.05) is 6.58 Å². The molecule has 7 heterocycles. The number of halogens is 2. The molecule has 43 heavy (non-hydrogen) atoms. The Bertz CT molecular complexity index is 1410. The molecule has 2 aromatic heterocycles. The van der Waals surface area contributed by atoms with Crippen LogP contribution in [0.15, 0.2) is 31.0 Å². The quantitative estimate of drug-likeness (QED) is 0.472. The maximum atomic E-state index is 14.5. The van der Waals surface area contributed by atoms with Gasteiger partial charge in [0.2, 0.25) is 5.91 Å². The minimum atomic E-state index is -2.64. The average Bonchev–Trinajstić information content (AvgIpc) is 3.11. The van der Waals surface area contributed by atoms with Gasteiger partial charge in [-0.2, -0.15) is 0 Å². The summed E-state index contributed by atoms with van der Waals surface area (Å²) < 4.78 is 41.0. The lowest BCUT2D eigenvalue weighted by Gasteiger charge is -2.56. The fourth-order valence-corrected chi connectivity index (χ4v) is 8.02. The highest BCUT2D eigenvalue weighted by Gasteiger charge is 2.53. The number of nitrogens with zero attached hydrogens (tertiary/aromatic N) is 6. The molecule has 3 fully saturated rings. The number of piperazine rings is 1. The molecule has 0 aliphatic carbocycles. The third-order valence-corrected chi connectivity index (χ3v) is 10.2. The van der Waals surface area contributed by atoms with Crippen molar-refractivity contribution in [2.75, 3.05) is 75.9 Å². The summed E-state index contributed by atoms with van der Waals surface area (Å²) in [6, 6.07) is 4.67. The monoisotopic (exact) mass is 594 g/mol. The van der Waals surface area contributed by atoms with Crippen molar-refractivity contribution in [1.29, 1.82) is 0 Å². The molecule has 0 aromatic carbocycles. The van der Waals surface area contributed by atoms with E-state index < -0.39 is 12.0 Å². The molecule has 230 valence electrons. The highest BCUT2D eigenvalue weighted by Crippen LogP contribution is 2.48. The van der Waals surface area contributed by atoms with Crippen molar-refractivity contribution in [3.8, 4) is 0 Å². The summed E-state index contributed by atoms with van der Waals surface area (Å²) in [6.45, 7) is 11.6. The van der Waals surface area contributed by atoms with Gasteiger partial charge >= 0.3 is 0 Å². The van der Waals surface area contributed by atoms with Crippen molar-refractivity contribution in [3.05, 3.63) is 59.1 Å². The van der Waals surface area contributed by atoms with E-state index >= 15 is 0 Å². The second kappa shape index (κ2) is 11.1. The molecular weight excluding hydrogens is 554 g/mol. The molecule has 0 N–H and O–H groups in total. The van der Waals surface area contributed by atoms with E-state index in [9.17, 15) is 13.6 Å². The Kier molecular flexibility index (Phi) is 7.38. The molecule has 11 heteroatoms. The Morgan fingerprint density at radius 2 is 2.05 bits per heavy atom. The number of aryl methyl sites for hydroxylation is 1. The minimum Gasteiger partial charge on any atom is -0.384 e. The van der Waals surface area contributed by atoms with Crippen molar-refractivity contribution in [2.45, 2.75) is 56.2 Å². The fourth-order valence-electron chi connectivity index (χ4n) is 8.02. The lowest BCUT2D eigenvalue weighted by Crippen LogP contribution is -2.69. The van der Waals surface area contributed by atoms with Crippen LogP contribution in [0.3, 0.4) is 0 Å². The van der Waals surface area contributed by atoms with Crippen molar-refractivity contribution in [2.24, 2.45) is 0 Å². The number of ether oxygens (including phenoxy) is 2. The summed E-state index contributed by atoms with van der Waals surface area (Å²) in [4.78, 5) is 30.1. The van der Waals surface area contributed by atoms with Crippen molar-refractivity contribution >= 4 is 17.4 Å². The molecular formula is C32H40F2N6O3. The number of pyridine rings is 2. The van der Waals surface area contributed by atoms with E-state index in [0.717, 1.165) is 55.0 Å². The zero-order valence-corrected chi connectivity index (χ0v) is 25.0. The Hall–Kier alpha value is -3.15. The topological polar surface area (TPSA) is 74.3 Å². The van der Waals surface area contributed by atoms with Crippen LogP contribution in [-0.2, 0) is 26.3 Å². The van der Waals surface area contributed by atoms with Crippen molar-refractivity contribution in [1.82, 2.24) is 19.8 Å². The van der Waals surface area contributed by atoms with Crippen LogP contribution in [0.4, 0.5) is 20.3 Å². The number of alkyl halides is 2. The molecule has 3 atom stereocenters. The summed E-state index contributed by atoms with van der Waals surface area (Å²) in [7, 11) is 1.69. The largest absolute Gasteiger partial charge is 0.384 e. The summed E-state index contributed by atoms with van der Waals surface area (Å²) in [5, 5.41) is 0. The van der Waals surface area contributed by atoms with E-state index in [2.05, 4.69) is 33.2 Å². The zero-order valence-electron chi connectivity index (χ0n) is 25.0. The maximum absolute atomic E-state index is 14.5. The van der Waals surface area contributed by atoms with Gasteiger partial charge in [0.1, 0.15) is 17.1 Å². The van der Waals surface area contributed by atoms with Crippen molar-refractivity contribution in [3.63, 3.8) is 0 Å². The number of carbonyl (C=O) groups is 1. The first-order valence-electron chi connectivity index (χ1n) is 15.4. The molecule has 0 saturated carbocycles. The highest BCUT2D eigenvalue weighted by atomic mass is 19.3. The smallest absolute Gasteiger partial charge is 0.280 e.